The summed E-state index contributed by atoms with van der Waals surface area (Å²) in [5.41, 5.74) is 2.81. The lowest BCUT2D eigenvalue weighted by atomic mass is 9.99. The number of nitrogens with one attached hydrogen (secondary N) is 1. The highest BCUT2D eigenvalue weighted by Gasteiger charge is 2.17. The van der Waals surface area contributed by atoms with Crippen LogP contribution in [0.3, 0.4) is 0 Å². The summed E-state index contributed by atoms with van der Waals surface area (Å²) in [5.74, 6) is 0.811. The van der Waals surface area contributed by atoms with Gasteiger partial charge in [0.2, 0.25) is 12.3 Å². The number of carbonyl (C=O) groups excluding carboxylic acids is 1. The standard InChI is InChI=1S/C23H19N3O3/c27-21(15-28-20-13-11-19(12-14-20)23-26-24-16-29-23)25-22(17-7-3-1-4-8-17)18-9-5-2-6-10-18/h1-14,16,22H,15H2,(H,25,27). The maximum atomic E-state index is 12.6. The molecule has 0 radical (unpaired) electrons. The van der Waals surface area contributed by atoms with Gasteiger partial charge in [-0.25, -0.2) is 0 Å². The van der Waals surface area contributed by atoms with Gasteiger partial charge in [0.15, 0.2) is 6.61 Å². The first kappa shape index (κ1) is 18.4. The second-order valence-electron chi connectivity index (χ2n) is 6.38. The quantitative estimate of drug-likeness (QED) is 0.520. The first-order valence-corrected chi connectivity index (χ1v) is 9.18. The molecule has 1 aromatic heterocycles. The largest absolute Gasteiger partial charge is 0.484 e. The van der Waals surface area contributed by atoms with Crippen LogP contribution in [0.15, 0.2) is 95.7 Å². The monoisotopic (exact) mass is 385 g/mol. The van der Waals surface area contributed by atoms with E-state index in [0.717, 1.165) is 16.7 Å². The zero-order valence-corrected chi connectivity index (χ0v) is 15.6. The van der Waals surface area contributed by atoms with E-state index >= 15 is 0 Å². The van der Waals surface area contributed by atoms with Crippen LogP contribution in [0.25, 0.3) is 11.5 Å². The van der Waals surface area contributed by atoms with Gasteiger partial charge in [-0.05, 0) is 35.4 Å². The van der Waals surface area contributed by atoms with Crippen molar-refractivity contribution in [1.82, 2.24) is 15.5 Å². The SMILES string of the molecule is O=C(COc1ccc(-c2nnco2)cc1)NC(c1ccccc1)c1ccccc1. The van der Waals surface area contributed by atoms with E-state index in [9.17, 15) is 4.79 Å². The van der Waals surface area contributed by atoms with Crippen LogP contribution in [0.1, 0.15) is 17.2 Å². The van der Waals surface area contributed by atoms with E-state index in [2.05, 4.69) is 15.5 Å². The van der Waals surface area contributed by atoms with Crippen LogP contribution in [-0.2, 0) is 4.79 Å². The molecule has 0 atom stereocenters. The predicted octanol–water partition coefficient (Wildman–Crippen LogP) is 4.02. The van der Waals surface area contributed by atoms with E-state index in [0.29, 0.717) is 11.6 Å². The van der Waals surface area contributed by atoms with Crippen LogP contribution in [0.5, 0.6) is 5.75 Å². The molecule has 6 heteroatoms. The lowest BCUT2D eigenvalue weighted by Crippen LogP contribution is -2.33. The van der Waals surface area contributed by atoms with Gasteiger partial charge in [-0.2, -0.15) is 0 Å². The zero-order valence-electron chi connectivity index (χ0n) is 15.6. The number of amides is 1. The molecule has 0 aliphatic carbocycles. The molecule has 1 amide bonds. The predicted molar refractivity (Wildman–Crippen MR) is 108 cm³/mol. The number of carbonyl (C=O) groups is 1. The van der Waals surface area contributed by atoms with Gasteiger partial charge in [0.1, 0.15) is 5.75 Å². The molecule has 1 heterocycles. The van der Waals surface area contributed by atoms with Gasteiger partial charge in [-0.3, -0.25) is 4.79 Å². The van der Waals surface area contributed by atoms with Gasteiger partial charge >= 0.3 is 0 Å². The number of hydrogen-bond acceptors (Lipinski definition) is 5. The van der Waals surface area contributed by atoms with E-state index in [4.69, 9.17) is 9.15 Å². The van der Waals surface area contributed by atoms with Gasteiger partial charge in [0.25, 0.3) is 5.91 Å². The van der Waals surface area contributed by atoms with Gasteiger partial charge in [-0.15, -0.1) is 10.2 Å². The molecule has 4 aromatic rings. The lowest BCUT2D eigenvalue weighted by Gasteiger charge is -2.20. The average molecular weight is 385 g/mol. The van der Waals surface area contributed by atoms with Crippen molar-refractivity contribution in [2.75, 3.05) is 6.61 Å². The molecular weight excluding hydrogens is 366 g/mol. The van der Waals surface area contributed by atoms with E-state index in [1.165, 1.54) is 6.39 Å². The Morgan fingerprint density at radius 3 is 2.07 bits per heavy atom. The highest BCUT2D eigenvalue weighted by Crippen LogP contribution is 2.22. The fourth-order valence-corrected chi connectivity index (χ4v) is 2.99. The summed E-state index contributed by atoms with van der Waals surface area (Å²) in [6.45, 7) is -0.0872. The summed E-state index contributed by atoms with van der Waals surface area (Å²) in [4.78, 5) is 12.6. The van der Waals surface area contributed by atoms with Crippen molar-refractivity contribution in [3.63, 3.8) is 0 Å². The van der Waals surface area contributed by atoms with E-state index in [1.807, 2.05) is 60.7 Å². The normalized spacial score (nSPS) is 10.7. The fourth-order valence-electron chi connectivity index (χ4n) is 2.99. The highest BCUT2D eigenvalue weighted by molar-refractivity contribution is 5.78. The average Bonchev–Trinajstić information content (AvgIpc) is 3.33. The Labute approximate surface area is 168 Å². The van der Waals surface area contributed by atoms with Crippen molar-refractivity contribution in [2.45, 2.75) is 6.04 Å². The Hall–Kier alpha value is -3.93. The third-order valence-corrected chi connectivity index (χ3v) is 4.40. The molecule has 0 aliphatic heterocycles. The Kier molecular flexibility index (Phi) is 5.62. The molecule has 144 valence electrons. The molecule has 4 rings (SSSR count). The number of aromatic nitrogens is 2. The molecule has 0 fully saturated rings. The minimum atomic E-state index is -0.242. The van der Waals surface area contributed by atoms with Crippen LogP contribution in [0.2, 0.25) is 0 Å². The number of rotatable bonds is 7. The summed E-state index contributed by atoms with van der Waals surface area (Å²) >= 11 is 0. The van der Waals surface area contributed by atoms with E-state index in [1.54, 1.807) is 24.3 Å². The molecule has 0 saturated heterocycles. The second-order valence-corrected chi connectivity index (χ2v) is 6.38. The topological polar surface area (TPSA) is 77.2 Å². The van der Waals surface area contributed by atoms with Crippen LogP contribution in [-0.4, -0.2) is 22.7 Å². The Morgan fingerprint density at radius 2 is 1.52 bits per heavy atom. The van der Waals surface area contributed by atoms with Gasteiger partial charge in [-0.1, -0.05) is 60.7 Å². The molecule has 29 heavy (non-hydrogen) atoms. The van der Waals surface area contributed by atoms with Crippen molar-refractivity contribution < 1.29 is 13.9 Å². The molecule has 0 spiro atoms. The maximum absolute atomic E-state index is 12.6. The molecule has 0 aliphatic rings. The van der Waals surface area contributed by atoms with Crippen molar-refractivity contribution in [2.24, 2.45) is 0 Å². The summed E-state index contributed by atoms with van der Waals surface area (Å²) in [5, 5.41) is 10.6. The number of nitrogens with zero attached hydrogens (tertiary/aromatic N) is 2. The molecule has 6 nitrogen and oxygen atoms in total. The summed E-state index contributed by atoms with van der Waals surface area (Å²) in [6.07, 6.45) is 1.28. The molecule has 3 aromatic carbocycles. The molecule has 0 bridgehead atoms. The minimum absolute atomic E-state index is 0.0872. The summed E-state index contributed by atoms with van der Waals surface area (Å²) < 4.78 is 10.8. The Bertz CT molecular complexity index is 994. The van der Waals surface area contributed by atoms with Gasteiger partial charge in [0, 0.05) is 5.56 Å². The Morgan fingerprint density at radius 1 is 0.897 bits per heavy atom. The Balaban J connectivity index is 1.41. The van der Waals surface area contributed by atoms with Crippen LogP contribution >= 0.6 is 0 Å². The number of hydrogen-bond donors (Lipinski definition) is 1. The van der Waals surface area contributed by atoms with E-state index < -0.39 is 0 Å². The fraction of sp³-hybridized carbons (Fsp3) is 0.0870. The first-order chi connectivity index (χ1) is 14.3. The van der Waals surface area contributed by atoms with Gasteiger partial charge < -0.3 is 14.5 Å². The highest BCUT2D eigenvalue weighted by atomic mass is 16.5. The van der Waals surface area contributed by atoms with Crippen molar-refractivity contribution in [3.05, 3.63) is 102 Å². The van der Waals surface area contributed by atoms with Crippen molar-refractivity contribution in [1.29, 1.82) is 0 Å². The smallest absolute Gasteiger partial charge is 0.258 e. The maximum Gasteiger partial charge on any atom is 0.258 e. The van der Waals surface area contributed by atoms with Crippen LogP contribution < -0.4 is 10.1 Å². The third kappa shape index (κ3) is 4.68. The third-order valence-electron chi connectivity index (χ3n) is 4.40. The van der Waals surface area contributed by atoms with Gasteiger partial charge in [0.05, 0.1) is 6.04 Å². The lowest BCUT2D eigenvalue weighted by molar-refractivity contribution is -0.123. The van der Waals surface area contributed by atoms with Crippen LogP contribution in [0, 0.1) is 0 Å². The van der Waals surface area contributed by atoms with Crippen molar-refractivity contribution in [3.8, 4) is 17.2 Å². The molecule has 0 saturated carbocycles. The van der Waals surface area contributed by atoms with Crippen molar-refractivity contribution >= 4 is 5.91 Å². The summed E-state index contributed by atoms with van der Waals surface area (Å²) in [7, 11) is 0. The molecule has 1 N–H and O–H groups in total. The summed E-state index contributed by atoms with van der Waals surface area (Å²) in [6, 6.07) is 26.6. The van der Waals surface area contributed by atoms with E-state index in [-0.39, 0.29) is 18.6 Å². The van der Waals surface area contributed by atoms with Crippen LogP contribution in [0.4, 0.5) is 0 Å². The number of benzene rings is 3. The molecule has 0 unspecified atom stereocenters. The molecular formula is C23H19N3O3. The zero-order chi connectivity index (χ0) is 19.9. The second kappa shape index (κ2) is 8.84. The first-order valence-electron chi connectivity index (χ1n) is 9.18. The number of ether oxygens (including phenoxy) is 1. The minimum Gasteiger partial charge on any atom is -0.484 e.